The molecular weight excluding hydrogens is 681 g/mol. The van der Waals surface area contributed by atoms with E-state index in [1.807, 2.05) is 0 Å². The summed E-state index contributed by atoms with van der Waals surface area (Å²) in [7, 11) is 1.55. The Morgan fingerprint density at radius 3 is 2.25 bits per heavy atom. The number of carbonyl (C=O) groups is 4. The molecule has 15 nitrogen and oxygen atoms in total. The number of halogens is 1. The van der Waals surface area contributed by atoms with Crippen LogP contribution >= 0.6 is 0 Å². The molecule has 5 aromatic rings. The molecule has 0 unspecified atom stereocenters. The highest BCUT2D eigenvalue weighted by atomic mass is 19.1. The highest BCUT2D eigenvalue weighted by Crippen LogP contribution is 2.33. The largest absolute Gasteiger partial charge is 0.497 e. The molecule has 2 aromatic heterocycles. The number of hydrogen-bond donors (Lipinski definition) is 4. The van der Waals surface area contributed by atoms with E-state index < -0.39 is 53.8 Å². The molecule has 2 atom stereocenters. The summed E-state index contributed by atoms with van der Waals surface area (Å²) in [5.74, 6) is -3.74. The van der Waals surface area contributed by atoms with E-state index in [-0.39, 0.29) is 23.5 Å². The number of ether oxygens (including phenoxy) is 3. The minimum absolute atomic E-state index is 0.0683. The van der Waals surface area contributed by atoms with E-state index in [0.29, 0.717) is 33.8 Å². The molecule has 0 saturated carbocycles. The maximum absolute atomic E-state index is 15.2. The summed E-state index contributed by atoms with van der Waals surface area (Å²) in [6.07, 6.45) is 0.0742. The Hall–Kier alpha value is -6.55. The Morgan fingerprint density at radius 1 is 0.962 bits per heavy atom. The summed E-state index contributed by atoms with van der Waals surface area (Å²) >= 11 is 0. The molecule has 2 heterocycles. The van der Waals surface area contributed by atoms with Crippen LogP contribution in [0.5, 0.6) is 17.2 Å². The van der Waals surface area contributed by atoms with Gasteiger partial charge >= 0.3 is 17.9 Å². The fourth-order valence-electron chi connectivity index (χ4n) is 4.96. The molecule has 5 rings (SSSR count). The van der Waals surface area contributed by atoms with Crippen LogP contribution in [0.4, 0.5) is 10.1 Å². The van der Waals surface area contributed by atoms with Gasteiger partial charge in [-0.15, -0.1) is 0 Å². The average Bonchev–Trinajstić information content (AvgIpc) is 3.33. The number of amides is 1. The summed E-state index contributed by atoms with van der Waals surface area (Å²) in [4.78, 5) is 62.4. The number of nitrogens with two attached hydrogens (primary N) is 1. The number of esters is 1. The number of fused-ring (bicyclic) bond motifs is 1. The molecule has 3 aromatic carbocycles. The number of carboxylic acids is 2. The molecule has 16 heteroatoms. The molecule has 0 bridgehead atoms. The molecule has 272 valence electrons. The Bertz CT molecular complexity index is 2150. The van der Waals surface area contributed by atoms with Crippen LogP contribution in [-0.4, -0.2) is 67.6 Å². The van der Waals surface area contributed by atoms with Crippen molar-refractivity contribution in [2.24, 2.45) is 5.73 Å². The molecule has 1 amide bonds. The lowest BCUT2D eigenvalue weighted by molar-refractivity contribution is -0.150. The zero-order valence-corrected chi connectivity index (χ0v) is 28.5. The summed E-state index contributed by atoms with van der Waals surface area (Å²) in [6.45, 7) is 4.86. The van der Waals surface area contributed by atoms with Gasteiger partial charge in [0.2, 0.25) is 0 Å². The minimum Gasteiger partial charge on any atom is -0.497 e. The van der Waals surface area contributed by atoms with Crippen LogP contribution in [-0.2, 0) is 25.7 Å². The van der Waals surface area contributed by atoms with E-state index >= 15 is 4.39 Å². The van der Waals surface area contributed by atoms with Crippen LogP contribution in [0.2, 0.25) is 0 Å². The summed E-state index contributed by atoms with van der Waals surface area (Å²) < 4.78 is 34.6. The van der Waals surface area contributed by atoms with Gasteiger partial charge < -0.3 is 35.5 Å². The molecular formula is C36H36FN5O10. The van der Waals surface area contributed by atoms with Crippen molar-refractivity contribution in [1.82, 2.24) is 14.3 Å². The Kier molecular flexibility index (Phi) is 12.4. The number of carboxylic acid groups (broad SMARTS) is 2. The maximum Gasteiger partial charge on any atom is 0.322 e. The second-order valence-corrected chi connectivity index (χ2v) is 11.4. The second kappa shape index (κ2) is 16.9. The van der Waals surface area contributed by atoms with Gasteiger partial charge in [0, 0.05) is 29.4 Å². The van der Waals surface area contributed by atoms with E-state index in [1.165, 1.54) is 23.7 Å². The predicted octanol–water partition coefficient (Wildman–Crippen LogP) is 4.51. The zero-order valence-electron chi connectivity index (χ0n) is 28.5. The van der Waals surface area contributed by atoms with E-state index in [0.717, 1.165) is 6.07 Å². The van der Waals surface area contributed by atoms with Crippen molar-refractivity contribution in [3.8, 4) is 22.9 Å². The molecule has 52 heavy (non-hydrogen) atoms. The Labute approximate surface area is 295 Å². The molecule has 0 aliphatic heterocycles. The third-order valence-electron chi connectivity index (χ3n) is 7.37. The number of rotatable bonds is 12. The van der Waals surface area contributed by atoms with Gasteiger partial charge in [-0.2, -0.15) is 0 Å². The Morgan fingerprint density at radius 2 is 1.65 bits per heavy atom. The van der Waals surface area contributed by atoms with Crippen molar-refractivity contribution in [2.45, 2.75) is 45.9 Å². The topological polar surface area (TPSA) is 214 Å². The standard InChI is InChI=1S/C33H32FN5O6.C3H4O4/c1-19(44-33(42)20(2)35)18-38-21(3)30(32(41)39(38)23-8-6-5-7-9-23)31(40)37-22-10-13-29(26(34)16-22)45-28-14-15-36-27-17-24(43-4)11-12-25(27)28;4-2(5)1-3(6)7/h5-17,19-20H,18,35H2,1-4H3,(H,37,40);1H2,(H,4,5)(H,6,7)/t19-,20+;/m1./s1. The average molecular weight is 718 g/mol. The number of benzene rings is 3. The first-order valence-electron chi connectivity index (χ1n) is 15.7. The van der Waals surface area contributed by atoms with Gasteiger partial charge in [0.05, 0.1) is 30.6 Å². The van der Waals surface area contributed by atoms with Crippen molar-refractivity contribution in [3.63, 3.8) is 0 Å². The molecule has 0 radical (unpaired) electrons. The number of hydrogen-bond acceptors (Lipinski definition) is 10. The van der Waals surface area contributed by atoms with Gasteiger partial charge in [-0.25, -0.2) is 9.07 Å². The fraction of sp³-hybridized carbons (Fsp3) is 0.222. The van der Waals surface area contributed by atoms with Crippen LogP contribution in [0, 0.1) is 12.7 Å². The van der Waals surface area contributed by atoms with Crippen LogP contribution in [0.15, 0.2) is 83.8 Å². The maximum atomic E-state index is 15.2. The minimum atomic E-state index is -1.31. The summed E-state index contributed by atoms with van der Waals surface area (Å²) in [5, 5.41) is 18.7. The van der Waals surface area contributed by atoms with Crippen molar-refractivity contribution in [1.29, 1.82) is 0 Å². The highest BCUT2D eigenvalue weighted by molar-refractivity contribution is 6.05. The van der Waals surface area contributed by atoms with Crippen molar-refractivity contribution in [2.75, 3.05) is 12.4 Å². The smallest absolute Gasteiger partial charge is 0.322 e. The fourth-order valence-corrected chi connectivity index (χ4v) is 4.96. The third-order valence-corrected chi connectivity index (χ3v) is 7.37. The monoisotopic (exact) mass is 717 g/mol. The second-order valence-electron chi connectivity index (χ2n) is 11.4. The number of nitrogens with zero attached hydrogens (tertiary/aromatic N) is 3. The van der Waals surface area contributed by atoms with Crippen molar-refractivity contribution in [3.05, 3.63) is 106 Å². The van der Waals surface area contributed by atoms with Crippen LogP contribution in [0.3, 0.4) is 0 Å². The van der Waals surface area contributed by atoms with E-state index in [4.69, 9.17) is 30.2 Å². The summed E-state index contributed by atoms with van der Waals surface area (Å²) in [5.41, 5.74) is 6.45. The zero-order chi connectivity index (χ0) is 38.1. The molecule has 0 aliphatic rings. The lowest BCUT2D eigenvalue weighted by Crippen LogP contribution is -2.34. The van der Waals surface area contributed by atoms with Gasteiger partial charge in [0.15, 0.2) is 11.6 Å². The van der Waals surface area contributed by atoms with Gasteiger partial charge in [0.1, 0.15) is 35.6 Å². The number of carbonyl (C=O) groups excluding carboxylic acids is 2. The van der Waals surface area contributed by atoms with Crippen LogP contribution < -0.4 is 26.1 Å². The van der Waals surface area contributed by atoms with E-state index in [1.54, 1.807) is 86.4 Å². The number of pyridine rings is 1. The predicted molar refractivity (Wildman–Crippen MR) is 187 cm³/mol. The van der Waals surface area contributed by atoms with Crippen molar-refractivity contribution >= 4 is 40.4 Å². The first kappa shape index (κ1) is 38.3. The number of para-hydroxylation sites is 1. The molecule has 5 N–H and O–H groups in total. The highest BCUT2D eigenvalue weighted by Gasteiger charge is 2.26. The number of aliphatic carboxylic acids is 2. The number of methoxy groups -OCH3 is 1. The number of aromatic nitrogens is 3. The van der Waals surface area contributed by atoms with Crippen LogP contribution in [0.25, 0.3) is 16.6 Å². The van der Waals surface area contributed by atoms with Crippen LogP contribution in [0.1, 0.15) is 36.3 Å². The van der Waals surface area contributed by atoms with Gasteiger partial charge in [-0.05, 0) is 63.2 Å². The molecule has 0 spiro atoms. The normalized spacial score (nSPS) is 11.8. The van der Waals surface area contributed by atoms with Crippen molar-refractivity contribution < 1.29 is 48.0 Å². The quantitative estimate of drug-likeness (QED) is 0.104. The van der Waals surface area contributed by atoms with E-state index in [2.05, 4.69) is 10.3 Å². The molecule has 0 saturated heterocycles. The SMILES string of the molecule is COc1ccc2c(Oc3ccc(NC(=O)c4c(C)n(C[C@@H](C)OC(=O)[C@H](C)N)n(-c5ccccc5)c4=O)cc3F)ccnc2c1.O=C(O)CC(=O)O. The first-order chi connectivity index (χ1) is 24.7. The van der Waals surface area contributed by atoms with E-state index in [9.17, 15) is 24.0 Å². The Balaban J connectivity index is 0.000000785. The van der Waals surface area contributed by atoms with Gasteiger partial charge in [-0.3, -0.25) is 33.6 Å². The molecule has 0 aliphatic carbocycles. The number of nitrogens with one attached hydrogen (secondary N) is 1. The summed E-state index contributed by atoms with van der Waals surface area (Å²) in [6, 6.07) is 18.8. The number of anilines is 1. The third kappa shape index (κ3) is 9.36. The van der Waals surface area contributed by atoms with Gasteiger partial charge in [0.25, 0.3) is 11.5 Å². The molecule has 0 fully saturated rings. The lowest BCUT2D eigenvalue weighted by Gasteiger charge is -2.19. The first-order valence-corrected chi connectivity index (χ1v) is 15.7. The van der Waals surface area contributed by atoms with Gasteiger partial charge in [-0.1, -0.05) is 18.2 Å². The lowest BCUT2D eigenvalue weighted by atomic mass is 10.2.